The zero-order chi connectivity index (χ0) is 14.6. The van der Waals surface area contributed by atoms with Crippen LogP contribution in [0.2, 0.25) is 5.15 Å². The number of halogens is 1. The number of carbonyl (C=O) groups excluding carboxylic acids is 1. The van der Waals surface area contributed by atoms with Crippen molar-refractivity contribution in [1.82, 2.24) is 10.3 Å². The maximum absolute atomic E-state index is 11.6. The number of rotatable bonds is 3. The molecular formula is C12H15ClN2O4. The summed E-state index contributed by atoms with van der Waals surface area (Å²) in [5.41, 5.74) is -0.520. The molecule has 0 radical (unpaired) electrons. The third kappa shape index (κ3) is 4.75. The summed E-state index contributed by atoms with van der Waals surface area (Å²) in [6.07, 6.45) is 0.595. The molecule has 104 valence electrons. The first-order valence-corrected chi connectivity index (χ1v) is 5.91. The number of alkyl carbamates (subject to hydrolysis) is 1. The number of carboxylic acids is 1. The van der Waals surface area contributed by atoms with Crippen LogP contribution in [0.15, 0.2) is 18.3 Å². The Balaban J connectivity index is 2.89. The molecule has 0 spiro atoms. The largest absolute Gasteiger partial charge is 0.479 e. The molecule has 0 aliphatic heterocycles. The minimum Gasteiger partial charge on any atom is -0.479 e. The summed E-state index contributed by atoms with van der Waals surface area (Å²) in [5, 5.41) is 11.4. The maximum atomic E-state index is 11.6. The number of hydrogen-bond donors (Lipinski definition) is 2. The van der Waals surface area contributed by atoms with Crippen molar-refractivity contribution in [3.8, 4) is 0 Å². The number of nitrogens with zero attached hydrogens (tertiary/aromatic N) is 1. The van der Waals surface area contributed by atoms with Gasteiger partial charge in [-0.15, -0.1) is 0 Å². The first-order chi connectivity index (χ1) is 8.70. The van der Waals surface area contributed by atoms with Crippen molar-refractivity contribution in [2.24, 2.45) is 0 Å². The lowest BCUT2D eigenvalue weighted by atomic mass is 10.1. The van der Waals surface area contributed by atoms with E-state index in [2.05, 4.69) is 10.3 Å². The maximum Gasteiger partial charge on any atom is 0.408 e. The van der Waals surface area contributed by atoms with Crippen molar-refractivity contribution in [2.45, 2.75) is 32.4 Å². The number of amides is 1. The van der Waals surface area contributed by atoms with Crippen LogP contribution >= 0.6 is 11.6 Å². The molecule has 0 aliphatic rings. The van der Waals surface area contributed by atoms with Crippen LogP contribution in [0.25, 0.3) is 0 Å². The number of hydrogen-bond acceptors (Lipinski definition) is 4. The summed E-state index contributed by atoms with van der Waals surface area (Å²) in [5.74, 6) is -1.25. The number of aliphatic carboxylic acids is 1. The molecule has 0 aromatic carbocycles. The van der Waals surface area contributed by atoms with Crippen molar-refractivity contribution >= 4 is 23.7 Å². The summed E-state index contributed by atoms with van der Waals surface area (Å²) < 4.78 is 5.00. The van der Waals surface area contributed by atoms with E-state index < -0.39 is 23.7 Å². The fraction of sp³-hybridized carbons (Fsp3) is 0.417. The lowest BCUT2D eigenvalue weighted by Crippen LogP contribution is -2.38. The van der Waals surface area contributed by atoms with Gasteiger partial charge in [-0.2, -0.15) is 0 Å². The number of carboxylic acid groups (broad SMARTS) is 1. The van der Waals surface area contributed by atoms with E-state index in [1.54, 1.807) is 20.8 Å². The van der Waals surface area contributed by atoms with Crippen LogP contribution in [0, 0.1) is 0 Å². The minimum atomic E-state index is -1.31. The van der Waals surface area contributed by atoms with Gasteiger partial charge in [0.15, 0.2) is 6.04 Å². The first-order valence-electron chi connectivity index (χ1n) is 5.53. The Hall–Kier alpha value is -1.82. The van der Waals surface area contributed by atoms with Gasteiger partial charge >= 0.3 is 12.1 Å². The van der Waals surface area contributed by atoms with E-state index in [-0.39, 0.29) is 10.7 Å². The Bertz CT molecular complexity index is 485. The Morgan fingerprint density at radius 1 is 1.47 bits per heavy atom. The van der Waals surface area contributed by atoms with E-state index in [4.69, 9.17) is 21.4 Å². The SMILES string of the molecule is CC(C)(C)OC(=O)N[C@H](C(=O)O)c1cccnc1Cl. The molecule has 1 rings (SSSR count). The fourth-order valence-electron chi connectivity index (χ4n) is 1.31. The highest BCUT2D eigenvalue weighted by molar-refractivity contribution is 6.30. The second-order valence-electron chi connectivity index (χ2n) is 4.80. The number of nitrogens with one attached hydrogen (secondary N) is 1. The molecule has 19 heavy (non-hydrogen) atoms. The number of carbonyl (C=O) groups is 2. The molecule has 7 heteroatoms. The van der Waals surface area contributed by atoms with Gasteiger partial charge in [-0.05, 0) is 26.8 Å². The molecule has 0 saturated heterocycles. The summed E-state index contributed by atoms with van der Waals surface area (Å²) in [4.78, 5) is 26.6. The lowest BCUT2D eigenvalue weighted by Gasteiger charge is -2.22. The number of pyridine rings is 1. The highest BCUT2D eigenvalue weighted by Crippen LogP contribution is 2.21. The van der Waals surface area contributed by atoms with Gasteiger partial charge in [0.05, 0.1) is 0 Å². The molecule has 6 nitrogen and oxygen atoms in total. The molecule has 0 bridgehead atoms. The van der Waals surface area contributed by atoms with Crippen LogP contribution in [0.1, 0.15) is 32.4 Å². The molecule has 1 aromatic heterocycles. The van der Waals surface area contributed by atoms with Crippen LogP contribution in [-0.2, 0) is 9.53 Å². The topological polar surface area (TPSA) is 88.5 Å². The molecule has 0 unspecified atom stereocenters. The quantitative estimate of drug-likeness (QED) is 0.833. The Labute approximate surface area is 115 Å². The third-order valence-electron chi connectivity index (χ3n) is 2.01. The molecule has 1 heterocycles. The molecular weight excluding hydrogens is 272 g/mol. The van der Waals surface area contributed by atoms with Crippen LogP contribution in [0.5, 0.6) is 0 Å². The third-order valence-corrected chi connectivity index (χ3v) is 2.32. The summed E-state index contributed by atoms with van der Waals surface area (Å²) in [6, 6.07) is 1.70. The van der Waals surface area contributed by atoms with Crippen molar-refractivity contribution < 1.29 is 19.4 Å². The standard InChI is InChI=1S/C12H15ClN2O4/c1-12(2,3)19-11(18)15-8(10(16)17)7-5-4-6-14-9(7)13/h4-6,8H,1-3H3,(H,15,18)(H,16,17)/t8-/m0/s1. The zero-order valence-electron chi connectivity index (χ0n) is 10.8. The van der Waals surface area contributed by atoms with E-state index >= 15 is 0 Å². The van der Waals surface area contributed by atoms with Crippen LogP contribution in [0.3, 0.4) is 0 Å². The van der Waals surface area contributed by atoms with E-state index in [1.165, 1.54) is 18.3 Å². The Morgan fingerprint density at radius 2 is 2.11 bits per heavy atom. The molecule has 2 N–H and O–H groups in total. The molecule has 1 amide bonds. The van der Waals surface area contributed by atoms with Gasteiger partial charge in [-0.3, -0.25) is 0 Å². The van der Waals surface area contributed by atoms with Crippen molar-refractivity contribution in [1.29, 1.82) is 0 Å². The average Bonchev–Trinajstić information content (AvgIpc) is 2.24. The summed E-state index contributed by atoms with van der Waals surface area (Å²) in [7, 11) is 0. The highest BCUT2D eigenvalue weighted by Gasteiger charge is 2.27. The predicted molar refractivity (Wildman–Crippen MR) is 69.0 cm³/mol. The van der Waals surface area contributed by atoms with Crippen LogP contribution in [-0.4, -0.2) is 27.8 Å². The van der Waals surface area contributed by atoms with Crippen LogP contribution in [0.4, 0.5) is 4.79 Å². The van der Waals surface area contributed by atoms with Gasteiger partial charge < -0.3 is 15.2 Å². The van der Waals surface area contributed by atoms with Gasteiger partial charge in [0, 0.05) is 11.8 Å². The lowest BCUT2D eigenvalue weighted by molar-refractivity contribution is -0.139. The van der Waals surface area contributed by atoms with Gasteiger partial charge in [0.1, 0.15) is 10.8 Å². The normalized spacial score (nSPS) is 12.6. The van der Waals surface area contributed by atoms with E-state index in [9.17, 15) is 9.59 Å². The van der Waals surface area contributed by atoms with Gasteiger partial charge in [0.25, 0.3) is 0 Å². The van der Waals surface area contributed by atoms with E-state index in [1.807, 2.05) is 0 Å². The molecule has 0 saturated carbocycles. The molecule has 1 aromatic rings. The zero-order valence-corrected chi connectivity index (χ0v) is 11.6. The van der Waals surface area contributed by atoms with E-state index in [0.29, 0.717) is 0 Å². The first kappa shape index (κ1) is 15.2. The second-order valence-corrected chi connectivity index (χ2v) is 5.16. The average molecular weight is 287 g/mol. The minimum absolute atomic E-state index is 0.0194. The van der Waals surface area contributed by atoms with Gasteiger partial charge in [-0.1, -0.05) is 17.7 Å². The molecule has 0 fully saturated rings. The fourth-order valence-corrected chi connectivity index (χ4v) is 1.54. The summed E-state index contributed by atoms with van der Waals surface area (Å²) >= 11 is 5.81. The van der Waals surface area contributed by atoms with Crippen molar-refractivity contribution in [2.75, 3.05) is 0 Å². The molecule has 1 atom stereocenters. The monoisotopic (exact) mass is 286 g/mol. The number of aromatic nitrogens is 1. The van der Waals surface area contributed by atoms with Crippen molar-refractivity contribution in [3.63, 3.8) is 0 Å². The smallest absolute Gasteiger partial charge is 0.408 e. The predicted octanol–water partition coefficient (Wildman–Crippen LogP) is 2.39. The van der Waals surface area contributed by atoms with Crippen molar-refractivity contribution in [3.05, 3.63) is 29.0 Å². The Kier molecular flexibility index (Phi) is 4.72. The van der Waals surface area contributed by atoms with E-state index in [0.717, 1.165) is 0 Å². The second kappa shape index (κ2) is 5.88. The van der Waals surface area contributed by atoms with Crippen LogP contribution < -0.4 is 5.32 Å². The van der Waals surface area contributed by atoms with Gasteiger partial charge in [-0.25, -0.2) is 14.6 Å². The summed E-state index contributed by atoms with van der Waals surface area (Å²) in [6.45, 7) is 5.04. The van der Waals surface area contributed by atoms with Gasteiger partial charge in [0.2, 0.25) is 0 Å². The Morgan fingerprint density at radius 3 is 2.58 bits per heavy atom. The molecule has 0 aliphatic carbocycles. The number of ether oxygens (including phenoxy) is 1. The highest BCUT2D eigenvalue weighted by atomic mass is 35.5.